The zero-order valence-electron chi connectivity index (χ0n) is 32.1. The molecule has 0 saturated carbocycles. The maximum Gasteiger partial charge on any atom is 0.0540 e. The summed E-state index contributed by atoms with van der Waals surface area (Å²) in [5, 5.41) is 2.39. The first-order chi connectivity index (χ1) is 28.8. The van der Waals surface area contributed by atoms with Crippen molar-refractivity contribution < 1.29 is 0 Å². The van der Waals surface area contributed by atoms with Crippen LogP contribution in [0.4, 0.5) is 34.1 Å². The summed E-state index contributed by atoms with van der Waals surface area (Å²) in [6.45, 7) is 0. The minimum Gasteiger partial charge on any atom is -0.310 e. The first kappa shape index (κ1) is 36.0. The van der Waals surface area contributed by atoms with Crippen molar-refractivity contribution in [1.29, 1.82) is 0 Å². The Morgan fingerprint density at radius 3 is 1.22 bits per heavy atom. The second kappa shape index (κ2) is 17.0. The van der Waals surface area contributed by atoms with Gasteiger partial charge >= 0.3 is 0 Å². The van der Waals surface area contributed by atoms with Crippen LogP contribution in [0.3, 0.4) is 0 Å². The van der Waals surface area contributed by atoms with E-state index in [2.05, 4.69) is 252 Å². The van der Waals surface area contributed by atoms with Crippen LogP contribution >= 0.6 is 0 Å². The number of hydrogen-bond donors (Lipinski definition) is 0. The van der Waals surface area contributed by atoms with E-state index in [4.69, 9.17) is 0 Å². The maximum absolute atomic E-state index is 2.37. The van der Waals surface area contributed by atoms with Gasteiger partial charge in [0.1, 0.15) is 0 Å². The summed E-state index contributed by atoms with van der Waals surface area (Å²) >= 11 is 0. The van der Waals surface area contributed by atoms with E-state index in [9.17, 15) is 0 Å². The summed E-state index contributed by atoms with van der Waals surface area (Å²) in [6.07, 6.45) is 8.70. The number of para-hydroxylation sites is 2. The molecule has 0 unspecified atom stereocenters. The predicted octanol–water partition coefficient (Wildman–Crippen LogP) is 15.8. The van der Waals surface area contributed by atoms with Gasteiger partial charge in [-0.25, -0.2) is 0 Å². The Morgan fingerprint density at radius 2 is 0.655 bits per heavy atom. The van der Waals surface area contributed by atoms with Crippen molar-refractivity contribution in [2.24, 2.45) is 0 Å². The molecule has 0 aliphatic heterocycles. The lowest BCUT2D eigenvalue weighted by atomic mass is 9.96. The number of fused-ring (bicyclic) bond motifs is 1. The van der Waals surface area contributed by atoms with Crippen molar-refractivity contribution in [3.63, 3.8) is 0 Å². The molecular weight excluding hydrogens is 701 g/mol. The smallest absolute Gasteiger partial charge is 0.0540 e. The molecule has 0 bridgehead atoms. The molecule has 0 aliphatic carbocycles. The lowest BCUT2D eigenvalue weighted by Crippen LogP contribution is -2.10. The van der Waals surface area contributed by atoms with Crippen LogP contribution in [0.1, 0.15) is 22.3 Å². The molecule has 0 spiro atoms. The Bertz CT molecular complexity index is 2810. The fraction of sp³-hybridized carbons (Fsp3) is 0. The predicted molar refractivity (Wildman–Crippen MR) is 249 cm³/mol. The number of nitrogens with zero attached hydrogens (tertiary/aromatic N) is 2. The molecule has 0 atom stereocenters. The van der Waals surface area contributed by atoms with Crippen LogP contribution in [0.15, 0.2) is 231 Å². The van der Waals surface area contributed by atoms with Gasteiger partial charge in [0, 0.05) is 33.8 Å². The minimum absolute atomic E-state index is 1.09. The topological polar surface area (TPSA) is 6.48 Å². The van der Waals surface area contributed by atoms with Gasteiger partial charge in [-0.1, -0.05) is 188 Å². The van der Waals surface area contributed by atoms with Gasteiger partial charge < -0.3 is 9.80 Å². The highest BCUT2D eigenvalue weighted by molar-refractivity contribution is 6.06. The molecule has 0 aromatic heterocycles. The molecule has 58 heavy (non-hydrogen) atoms. The van der Waals surface area contributed by atoms with E-state index < -0.39 is 0 Å². The van der Waals surface area contributed by atoms with E-state index in [-0.39, 0.29) is 0 Å². The molecule has 276 valence electrons. The van der Waals surface area contributed by atoms with Gasteiger partial charge in [-0.3, -0.25) is 0 Å². The SMILES string of the molecule is C(=C\c1cccc(N(c2ccccc2)c2ccc(-c3cccc4c(N(c5ccccc5)c5cccc(/C=C/c6ccccc6)c5)cccc34)cc2)c1)/c1ccccc1. The quantitative estimate of drug-likeness (QED) is 0.122. The van der Waals surface area contributed by atoms with Crippen LogP contribution in [0.2, 0.25) is 0 Å². The first-order valence-corrected chi connectivity index (χ1v) is 19.8. The highest BCUT2D eigenvalue weighted by atomic mass is 15.1. The van der Waals surface area contributed by atoms with Crippen molar-refractivity contribution in [1.82, 2.24) is 0 Å². The van der Waals surface area contributed by atoms with Crippen LogP contribution in [-0.2, 0) is 0 Å². The molecule has 9 aromatic carbocycles. The molecule has 0 heterocycles. The highest BCUT2D eigenvalue weighted by Crippen LogP contribution is 2.42. The zero-order chi connectivity index (χ0) is 38.9. The largest absolute Gasteiger partial charge is 0.310 e. The average molecular weight is 743 g/mol. The molecule has 0 aliphatic rings. The van der Waals surface area contributed by atoms with Gasteiger partial charge in [-0.2, -0.15) is 0 Å². The Hall–Kier alpha value is -7.68. The van der Waals surface area contributed by atoms with E-state index >= 15 is 0 Å². The van der Waals surface area contributed by atoms with Crippen LogP contribution in [0.5, 0.6) is 0 Å². The second-order valence-electron chi connectivity index (χ2n) is 14.2. The minimum atomic E-state index is 1.09. The molecular formula is C56H42N2. The molecule has 9 rings (SSSR count). The monoisotopic (exact) mass is 742 g/mol. The van der Waals surface area contributed by atoms with Gasteiger partial charge in [0.05, 0.1) is 5.69 Å². The van der Waals surface area contributed by atoms with Gasteiger partial charge in [0.25, 0.3) is 0 Å². The van der Waals surface area contributed by atoms with Crippen molar-refractivity contribution in [3.8, 4) is 11.1 Å². The Balaban J connectivity index is 1.08. The lowest BCUT2D eigenvalue weighted by Gasteiger charge is -2.27. The molecule has 0 amide bonds. The fourth-order valence-electron chi connectivity index (χ4n) is 7.61. The summed E-state index contributed by atoms with van der Waals surface area (Å²) in [7, 11) is 0. The summed E-state index contributed by atoms with van der Waals surface area (Å²) in [5.41, 5.74) is 13.6. The number of rotatable bonds is 11. The number of benzene rings is 9. The van der Waals surface area contributed by atoms with E-state index in [1.807, 2.05) is 12.1 Å². The van der Waals surface area contributed by atoms with Crippen molar-refractivity contribution in [2.75, 3.05) is 9.80 Å². The molecule has 0 saturated heterocycles. The van der Waals surface area contributed by atoms with Crippen molar-refractivity contribution in [2.45, 2.75) is 0 Å². The first-order valence-electron chi connectivity index (χ1n) is 19.8. The molecule has 0 fully saturated rings. The number of anilines is 6. The third-order valence-corrected chi connectivity index (χ3v) is 10.4. The van der Waals surface area contributed by atoms with Crippen molar-refractivity contribution in [3.05, 3.63) is 253 Å². The lowest BCUT2D eigenvalue weighted by molar-refractivity contribution is 1.28. The Kier molecular flexibility index (Phi) is 10.5. The van der Waals surface area contributed by atoms with E-state index in [0.717, 1.165) is 45.3 Å². The van der Waals surface area contributed by atoms with Gasteiger partial charge in [0.15, 0.2) is 0 Å². The van der Waals surface area contributed by atoms with Gasteiger partial charge in [0.2, 0.25) is 0 Å². The summed E-state index contributed by atoms with van der Waals surface area (Å²) < 4.78 is 0. The standard InChI is InChI=1S/C56H42N2/c1-5-17-43(18-6-1)33-35-45-21-13-27-51(41-45)57(48-23-9-3-10-24-48)50-39-37-47(38-40-50)53-29-15-31-55-54(53)30-16-32-56(55)58(49-25-11-4-12-26-49)52-28-14-22-46(42-52)36-34-44-19-7-2-8-20-44/h1-42H/b35-33+,36-34+. The Morgan fingerprint density at radius 1 is 0.259 bits per heavy atom. The Labute approximate surface area is 341 Å². The van der Waals surface area contributed by atoms with Crippen LogP contribution in [-0.4, -0.2) is 0 Å². The molecule has 2 heteroatoms. The summed E-state index contributed by atoms with van der Waals surface area (Å²) in [6, 6.07) is 81.9. The molecule has 0 radical (unpaired) electrons. The van der Waals surface area contributed by atoms with E-state index in [1.54, 1.807) is 0 Å². The number of hydrogen-bond acceptors (Lipinski definition) is 2. The third-order valence-electron chi connectivity index (χ3n) is 10.4. The average Bonchev–Trinajstić information content (AvgIpc) is 3.30. The normalized spacial score (nSPS) is 11.3. The summed E-state index contributed by atoms with van der Waals surface area (Å²) in [4.78, 5) is 4.70. The van der Waals surface area contributed by atoms with Crippen LogP contribution < -0.4 is 9.80 Å². The van der Waals surface area contributed by atoms with E-state index in [0.29, 0.717) is 0 Å². The third kappa shape index (κ3) is 8.00. The van der Waals surface area contributed by atoms with Crippen molar-refractivity contribution >= 4 is 69.2 Å². The second-order valence-corrected chi connectivity index (χ2v) is 14.2. The molecule has 2 nitrogen and oxygen atoms in total. The summed E-state index contributed by atoms with van der Waals surface area (Å²) in [5.74, 6) is 0. The zero-order valence-corrected chi connectivity index (χ0v) is 32.1. The van der Waals surface area contributed by atoms with Gasteiger partial charge in [-0.05, 0) is 105 Å². The van der Waals surface area contributed by atoms with Crippen LogP contribution in [0.25, 0.3) is 46.2 Å². The van der Waals surface area contributed by atoms with Crippen LogP contribution in [0, 0.1) is 0 Å². The molecule has 0 N–H and O–H groups in total. The fourth-order valence-corrected chi connectivity index (χ4v) is 7.61. The van der Waals surface area contributed by atoms with E-state index in [1.165, 1.54) is 33.0 Å². The molecule has 9 aromatic rings. The highest BCUT2D eigenvalue weighted by Gasteiger charge is 2.18. The maximum atomic E-state index is 2.37. The van der Waals surface area contributed by atoms with Gasteiger partial charge in [-0.15, -0.1) is 0 Å².